The number of hydrogen-bond acceptors (Lipinski definition) is 17. The van der Waals surface area contributed by atoms with Crippen molar-refractivity contribution in [1.82, 2.24) is 15.1 Å². The first kappa shape index (κ1) is 73.8. The number of ether oxygens (including phenoxy) is 1. The third-order valence-electron chi connectivity index (χ3n) is 20.6. The zero-order valence-corrected chi connectivity index (χ0v) is 57.0. The van der Waals surface area contributed by atoms with E-state index in [0.717, 1.165) is 40.9 Å². The summed E-state index contributed by atoms with van der Waals surface area (Å²) in [6.07, 6.45) is -5.29. The Balaban J connectivity index is 0.000000205. The molecule has 4 aliphatic heterocycles. The molecule has 544 valence electrons. The summed E-state index contributed by atoms with van der Waals surface area (Å²) in [5.41, 5.74) is 12.5. The number of likely N-dealkylation sites (N-methyl/N-ethyl adjacent to an activating group) is 2. The Hall–Kier alpha value is -8.45. The molecule has 2 saturated heterocycles. The molecule has 0 saturated carbocycles. The molecule has 4 heterocycles. The monoisotopic (exact) mass is 1410 g/mol. The molecule has 28 heteroatoms. The second-order valence-corrected chi connectivity index (χ2v) is 27.9. The lowest BCUT2D eigenvalue weighted by molar-refractivity contribution is -0.137. The highest BCUT2D eigenvalue weighted by molar-refractivity contribution is 6.04. The lowest BCUT2D eigenvalue weighted by Crippen LogP contribution is -2.40. The van der Waals surface area contributed by atoms with E-state index in [1.807, 2.05) is 26.2 Å². The zero-order valence-electron chi connectivity index (χ0n) is 57.0. The summed E-state index contributed by atoms with van der Waals surface area (Å²) in [5, 5.41) is 97.8. The molecule has 0 aromatic heterocycles. The maximum atomic E-state index is 14.5. The summed E-state index contributed by atoms with van der Waals surface area (Å²) in [5.74, 6) is -0.0622. The van der Waals surface area contributed by atoms with E-state index >= 15 is 0 Å². The molecule has 2 fully saturated rings. The molecular formula is C73H88F6N10O12. The molecule has 2 aliphatic carbocycles. The van der Waals surface area contributed by atoms with E-state index in [1.165, 1.54) is 36.4 Å². The number of benzene rings is 6. The van der Waals surface area contributed by atoms with Crippen LogP contribution >= 0.6 is 0 Å². The molecule has 101 heavy (non-hydrogen) atoms. The van der Waals surface area contributed by atoms with E-state index < -0.39 is 73.7 Å². The maximum Gasteiger partial charge on any atom is 0.418 e. The minimum Gasteiger partial charge on any atom is -0.507 e. The van der Waals surface area contributed by atoms with Crippen LogP contribution in [0.2, 0.25) is 0 Å². The van der Waals surface area contributed by atoms with Crippen molar-refractivity contribution in [3.63, 3.8) is 0 Å². The molecule has 12 rings (SSSR count). The number of aromatic hydroxyl groups is 2. The molecule has 2 atom stereocenters. The lowest BCUT2D eigenvalue weighted by Gasteiger charge is -2.42. The fourth-order valence-corrected chi connectivity index (χ4v) is 15.5. The van der Waals surface area contributed by atoms with Gasteiger partial charge in [-0.1, -0.05) is 12.1 Å². The van der Waals surface area contributed by atoms with Crippen molar-refractivity contribution < 1.29 is 86.3 Å². The number of fused-ring (bicyclic) bond motifs is 4. The number of phenols is 2. The number of aliphatic hydroxyl groups excluding tert-OH is 6. The maximum absolute atomic E-state index is 14.5. The molecular weight excluding hydrogens is 1320 g/mol. The second kappa shape index (κ2) is 29.9. The SMILES string of the molecule is CN1CCc2cc(CO)c(CO)c3c2[C@@H]1Cc1c(NC(=O)Nc2ccc(N4CCC(CN)CC4)c(C(F)(F)F)c2)cc(CO)c(O)c1-3.CN1CCc2cc(CO)c(CO)c3c2[C@@H]1Cc1c(NC(=O)Nc2ccc(N4CCC(CNC(=O)OC(C)(C)C)CC4)c(C(F)(F)F)c2)cc(CO)c(O)c1-3. The molecule has 5 amide bonds. The van der Waals surface area contributed by atoms with Gasteiger partial charge in [-0.3, -0.25) is 9.80 Å². The van der Waals surface area contributed by atoms with Crippen molar-refractivity contribution >= 4 is 52.3 Å². The highest BCUT2D eigenvalue weighted by Gasteiger charge is 2.43. The van der Waals surface area contributed by atoms with Crippen LogP contribution in [0.4, 0.5) is 74.9 Å². The molecule has 0 spiro atoms. The average molecular weight is 1410 g/mol. The number of halogens is 6. The van der Waals surface area contributed by atoms with Crippen molar-refractivity contribution in [2.24, 2.45) is 17.6 Å². The molecule has 6 aromatic carbocycles. The third-order valence-corrected chi connectivity index (χ3v) is 20.6. The number of nitrogens with zero attached hydrogens (tertiary/aromatic N) is 4. The van der Waals surface area contributed by atoms with Gasteiger partial charge in [0.1, 0.15) is 17.1 Å². The van der Waals surface area contributed by atoms with Gasteiger partial charge in [0.25, 0.3) is 0 Å². The standard InChI is InChI=1S/C39H48F3N5O7.C34H40F3N5O5/c1-38(2,3)54-37(53)43-17-21-7-11-47(12-8-21)30-6-5-25(15-28(30)39(40,41)42)44-36(52)45-29-14-24(19-49)35(51)34-26(29)16-31-32-22(9-10-46(31)4)13-23(18-48)27(20-50)33(32)34;1-41-7-6-19-10-20(15-43)24(17-45)30-29(19)28(41)13-23-26(11-21(16-44)32(46)31(23)30)40-33(47)39-22-2-3-27(25(12-22)34(35,36)37)42-8-4-18(14-38)5-9-42/h5-6,13-15,21,31,48-51H,7-12,16-20H2,1-4H3,(H,43,53)(H2,44,45,52);2-3,10-12,18,28,43-46H,4-9,13-17,38H2,1H3,(H2,39,40,47)/t31-;28-/m00/s1. The Kier molecular flexibility index (Phi) is 21.8. The van der Waals surface area contributed by atoms with Gasteiger partial charge in [0.2, 0.25) is 0 Å². The van der Waals surface area contributed by atoms with Crippen LogP contribution in [0.15, 0.2) is 60.7 Å². The van der Waals surface area contributed by atoms with E-state index in [1.54, 1.807) is 30.6 Å². The van der Waals surface area contributed by atoms with Gasteiger partial charge in [-0.15, -0.1) is 0 Å². The van der Waals surface area contributed by atoms with Crippen LogP contribution in [-0.4, -0.2) is 141 Å². The first-order valence-corrected chi connectivity index (χ1v) is 33.9. The third kappa shape index (κ3) is 15.2. The molecule has 0 bridgehead atoms. The second-order valence-electron chi connectivity index (χ2n) is 27.9. The number of carbonyl (C=O) groups excluding carboxylic acids is 3. The predicted octanol–water partition coefficient (Wildman–Crippen LogP) is 10.5. The number of carbonyl (C=O) groups is 3. The number of aliphatic hydroxyl groups is 6. The normalized spacial score (nSPS) is 17.8. The van der Waals surface area contributed by atoms with Crippen molar-refractivity contribution in [1.29, 1.82) is 0 Å². The number of nitrogens with one attached hydrogen (secondary N) is 5. The average Bonchev–Trinajstić information content (AvgIpc) is 0.721. The number of alkyl carbamates (subject to hydrolysis) is 1. The summed E-state index contributed by atoms with van der Waals surface area (Å²) in [6, 6.07) is 12.0. The first-order chi connectivity index (χ1) is 48.0. The van der Waals surface area contributed by atoms with Crippen LogP contribution in [0, 0.1) is 11.8 Å². The Labute approximate surface area is 580 Å². The Bertz CT molecular complexity index is 4130. The van der Waals surface area contributed by atoms with Crippen LogP contribution in [0.3, 0.4) is 0 Å². The van der Waals surface area contributed by atoms with Gasteiger partial charge in [-0.25, -0.2) is 14.4 Å². The predicted molar refractivity (Wildman–Crippen MR) is 370 cm³/mol. The summed E-state index contributed by atoms with van der Waals surface area (Å²) >= 11 is 0. The summed E-state index contributed by atoms with van der Waals surface area (Å²) < 4.78 is 91.4. The van der Waals surface area contributed by atoms with Crippen LogP contribution in [0.1, 0.15) is 136 Å². The van der Waals surface area contributed by atoms with Gasteiger partial charge in [-0.05, 0) is 220 Å². The Morgan fingerprint density at radius 1 is 0.525 bits per heavy atom. The van der Waals surface area contributed by atoms with E-state index in [4.69, 9.17) is 10.5 Å². The summed E-state index contributed by atoms with van der Waals surface area (Å²) in [4.78, 5) is 46.6. The molecule has 6 aliphatic rings. The number of urea groups is 2. The van der Waals surface area contributed by atoms with Gasteiger partial charge in [0, 0.05) is 114 Å². The number of piperidine rings is 2. The van der Waals surface area contributed by atoms with E-state index in [2.05, 4.69) is 36.4 Å². The fourth-order valence-electron chi connectivity index (χ4n) is 15.5. The molecule has 0 radical (unpaired) electrons. The Morgan fingerprint density at radius 3 is 1.28 bits per heavy atom. The number of anilines is 6. The van der Waals surface area contributed by atoms with Crippen LogP contribution < -0.4 is 42.1 Å². The number of nitrogens with two attached hydrogens (primary N) is 1. The fraction of sp³-hybridized carbons (Fsp3) is 0.466. The lowest BCUT2D eigenvalue weighted by atomic mass is 9.73. The van der Waals surface area contributed by atoms with Crippen LogP contribution in [-0.2, 0) is 82.4 Å². The quantitative estimate of drug-likeness (QED) is 0.0336. The zero-order chi connectivity index (χ0) is 72.7. The van der Waals surface area contributed by atoms with Gasteiger partial charge in [0.05, 0.1) is 50.8 Å². The number of hydrogen-bond donors (Lipinski definition) is 14. The van der Waals surface area contributed by atoms with Crippen LogP contribution in [0.5, 0.6) is 11.5 Å². The van der Waals surface area contributed by atoms with E-state index in [0.29, 0.717) is 153 Å². The summed E-state index contributed by atoms with van der Waals surface area (Å²) in [7, 11) is 3.92. The number of rotatable bonds is 15. The minimum absolute atomic E-state index is 0.0104. The number of alkyl halides is 6. The molecule has 22 nitrogen and oxygen atoms in total. The largest absolute Gasteiger partial charge is 0.507 e. The van der Waals surface area contributed by atoms with Crippen molar-refractivity contribution in [2.75, 3.05) is 97.5 Å². The minimum atomic E-state index is -4.72. The smallest absolute Gasteiger partial charge is 0.418 e. The van der Waals surface area contributed by atoms with Crippen molar-refractivity contribution in [3.05, 3.63) is 139 Å². The van der Waals surface area contributed by atoms with Gasteiger partial charge < -0.3 is 87.7 Å². The van der Waals surface area contributed by atoms with Gasteiger partial charge in [-0.2, -0.15) is 26.3 Å². The molecule has 0 unspecified atom stereocenters. The van der Waals surface area contributed by atoms with Gasteiger partial charge in [0.15, 0.2) is 0 Å². The highest BCUT2D eigenvalue weighted by atomic mass is 19.4. The van der Waals surface area contributed by atoms with Crippen molar-refractivity contribution in [2.45, 2.75) is 142 Å². The van der Waals surface area contributed by atoms with E-state index in [9.17, 15) is 81.6 Å². The Morgan fingerprint density at radius 2 is 0.921 bits per heavy atom. The number of amides is 5. The van der Waals surface area contributed by atoms with E-state index in [-0.39, 0.29) is 93.9 Å². The topological polar surface area (TPSA) is 321 Å². The summed E-state index contributed by atoms with van der Waals surface area (Å²) in [6.45, 7) is 6.51. The van der Waals surface area contributed by atoms with Gasteiger partial charge >= 0.3 is 30.5 Å². The molecule has 15 N–H and O–H groups in total. The van der Waals surface area contributed by atoms with Crippen LogP contribution in [0.25, 0.3) is 22.3 Å². The first-order valence-electron chi connectivity index (χ1n) is 33.9. The molecule has 6 aromatic rings. The van der Waals surface area contributed by atoms with Crippen molar-refractivity contribution in [3.8, 4) is 33.8 Å². The highest BCUT2D eigenvalue weighted by Crippen LogP contribution is 2.56.